The average molecular weight is 286 g/mol. The monoisotopic (exact) mass is 286 g/mol. The standard InChI is InChI=1S/C15H22N6/c1-3-17-13-8-14(20-15(19-13)12-4-5-12)18-11(2)9-21-7-6-16-10-21/h6-8,10-12H,3-5,9H2,1-2H3,(H2,17,18,19,20). The van der Waals surface area contributed by atoms with Gasteiger partial charge in [0.25, 0.3) is 0 Å². The molecule has 1 aliphatic rings. The molecule has 0 spiro atoms. The molecule has 2 heterocycles. The van der Waals surface area contributed by atoms with Gasteiger partial charge in [0, 0.05) is 43.5 Å². The Kier molecular flexibility index (Phi) is 4.03. The van der Waals surface area contributed by atoms with Gasteiger partial charge >= 0.3 is 0 Å². The van der Waals surface area contributed by atoms with Crippen LogP contribution in [0.3, 0.4) is 0 Å². The van der Waals surface area contributed by atoms with E-state index in [1.165, 1.54) is 12.8 Å². The third-order valence-corrected chi connectivity index (χ3v) is 3.48. The molecule has 21 heavy (non-hydrogen) atoms. The minimum Gasteiger partial charge on any atom is -0.370 e. The first-order valence-corrected chi connectivity index (χ1v) is 7.59. The van der Waals surface area contributed by atoms with E-state index in [1.807, 2.05) is 18.6 Å². The maximum atomic E-state index is 4.66. The lowest BCUT2D eigenvalue weighted by atomic mass is 10.3. The maximum Gasteiger partial charge on any atom is 0.136 e. The predicted octanol–water partition coefficient (Wildman–Crippen LogP) is 2.48. The van der Waals surface area contributed by atoms with Gasteiger partial charge in [-0.1, -0.05) is 0 Å². The van der Waals surface area contributed by atoms with Crippen molar-refractivity contribution in [3.05, 3.63) is 30.6 Å². The third-order valence-electron chi connectivity index (χ3n) is 3.48. The van der Waals surface area contributed by atoms with Gasteiger partial charge in [-0.25, -0.2) is 15.0 Å². The first kappa shape index (κ1) is 13.9. The summed E-state index contributed by atoms with van der Waals surface area (Å²) in [6.07, 6.45) is 8.01. The van der Waals surface area contributed by atoms with Crippen molar-refractivity contribution in [2.45, 2.75) is 45.2 Å². The molecular weight excluding hydrogens is 264 g/mol. The summed E-state index contributed by atoms with van der Waals surface area (Å²) in [5.41, 5.74) is 0. The summed E-state index contributed by atoms with van der Waals surface area (Å²) in [6.45, 7) is 5.95. The average Bonchev–Trinajstić information content (AvgIpc) is 3.18. The normalized spacial score (nSPS) is 15.7. The maximum absolute atomic E-state index is 4.66. The van der Waals surface area contributed by atoms with Crippen molar-refractivity contribution in [3.63, 3.8) is 0 Å². The second-order valence-corrected chi connectivity index (χ2v) is 5.61. The van der Waals surface area contributed by atoms with Gasteiger partial charge in [0.15, 0.2) is 0 Å². The molecule has 2 N–H and O–H groups in total. The van der Waals surface area contributed by atoms with Crippen molar-refractivity contribution in [3.8, 4) is 0 Å². The molecule has 1 atom stereocenters. The van der Waals surface area contributed by atoms with Gasteiger partial charge in [-0.3, -0.25) is 0 Å². The summed E-state index contributed by atoms with van der Waals surface area (Å²) >= 11 is 0. The van der Waals surface area contributed by atoms with Gasteiger partial charge in [0.1, 0.15) is 17.5 Å². The van der Waals surface area contributed by atoms with Crippen LogP contribution in [-0.2, 0) is 6.54 Å². The van der Waals surface area contributed by atoms with Crippen LogP contribution in [0, 0.1) is 0 Å². The van der Waals surface area contributed by atoms with Crippen LogP contribution in [-0.4, -0.2) is 32.1 Å². The number of rotatable bonds is 7. The highest BCUT2D eigenvalue weighted by Gasteiger charge is 2.27. The third kappa shape index (κ3) is 3.71. The lowest BCUT2D eigenvalue weighted by Gasteiger charge is -2.16. The zero-order valence-corrected chi connectivity index (χ0v) is 12.6. The number of anilines is 2. The summed E-state index contributed by atoms with van der Waals surface area (Å²) in [5.74, 6) is 3.32. The number of hydrogen-bond donors (Lipinski definition) is 2. The van der Waals surface area contributed by atoms with Crippen LogP contribution >= 0.6 is 0 Å². The van der Waals surface area contributed by atoms with E-state index in [4.69, 9.17) is 0 Å². The van der Waals surface area contributed by atoms with E-state index >= 15 is 0 Å². The van der Waals surface area contributed by atoms with E-state index in [-0.39, 0.29) is 6.04 Å². The second-order valence-electron chi connectivity index (χ2n) is 5.61. The van der Waals surface area contributed by atoms with Crippen molar-refractivity contribution in [2.24, 2.45) is 0 Å². The minimum atomic E-state index is 0.274. The smallest absolute Gasteiger partial charge is 0.136 e. The molecule has 0 saturated heterocycles. The van der Waals surface area contributed by atoms with Crippen LogP contribution in [0.15, 0.2) is 24.8 Å². The molecule has 1 unspecified atom stereocenters. The fourth-order valence-corrected chi connectivity index (χ4v) is 2.34. The Labute approximate surface area is 125 Å². The molecule has 6 nitrogen and oxygen atoms in total. The lowest BCUT2D eigenvalue weighted by Crippen LogP contribution is -2.22. The largest absolute Gasteiger partial charge is 0.370 e. The molecule has 1 fully saturated rings. The number of imidazole rings is 1. The van der Waals surface area contributed by atoms with E-state index in [0.717, 1.165) is 30.5 Å². The highest BCUT2D eigenvalue weighted by Crippen LogP contribution is 2.38. The minimum absolute atomic E-state index is 0.274. The molecule has 2 aromatic rings. The van der Waals surface area contributed by atoms with Crippen LogP contribution in [0.4, 0.5) is 11.6 Å². The van der Waals surface area contributed by atoms with E-state index in [0.29, 0.717) is 5.92 Å². The first-order valence-electron chi connectivity index (χ1n) is 7.59. The van der Waals surface area contributed by atoms with Crippen molar-refractivity contribution in [2.75, 3.05) is 17.2 Å². The Balaban J connectivity index is 1.70. The molecule has 0 radical (unpaired) electrons. The molecule has 0 aliphatic heterocycles. The summed E-state index contributed by atoms with van der Waals surface area (Å²) in [5, 5.41) is 6.75. The molecule has 112 valence electrons. The Bertz CT molecular complexity index is 576. The van der Waals surface area contributed by atoms with Gasteiger partial charge in [0.05, 0.1) is 6.33 Å². The number of aromatic nitrogens is 4. The summed E-state index contributed by atoms with van der Waals surface area (Å²) < 4.78 is 2.06. The summed E-state index contributed by atoms with van der Waals surface area (Å²) in [6, 6.07) is 2.26. The summed E-state index contributed by atoms with van der Waals surface area (Å²) in [4.78, 5) is 13.3. The van der Waals surface area contributed by atoms with Crippen LogP contribution in [0.2, 0.25) is 0 Å². The highest BCUT2D eigenvalue weighted by molar-refractivity contribution is 5.48. The Hall–Kier alpha value is -2.11. The predicted molar refractivity (Wildman–Crippen MR) is 83.5 cm³/mol. The van der Waals surface area contributed by atoms with Gasteiger partial charge < -0.3 is 15.2 Å². The number of hydrogen-bond acceptors (Lipinski definition) is 5. The zero-order valence-electron chi connectivity index (χ0n) is 12.6. The van der Waals surface area contributed by atoms with Gasteiger partial charge in [-0.05, 0) is 26.7 Å². The Morgan fingerprint density at radius 1 is 1.33 bits per heavy atom. The molecule has 0 aromatic carbocycles. The molecular formula is C15H22N6. The van der Waals surface area contributed by atoms with Crippen LogP contribution in [0.5, 0.6) is 0 Å². The van der Waals surface area contributed by atoms with E-state index < -0.39 is 0 Å². The van der Waals surface area contributed by atoms with E-state index in [9.17, 15) is 0 Å². The number of nitrogens with one attached hydrogen (secondary N) is 2. The second kappa shape index (κ2) is 6.11. The van der Waals surface area contributed by atoms with Crippen molar-refractivity contribution >= 4 is 11.6 Å². The Morgan fingerprint density at radius 2 is 2.14 bits per heavy atom. The summed E-state index contributed by atoms with van der Waals surface area (Å²) in [7, 11) is 0. The topological polar surface area (TPSA) is 67.7 Å². The van der Waals surface area contributed by atoms with Crippen LogP contribution < -0.4 is 10.6 Å². The SMILES string of the molecule is CCNc1cc(NC(C)Cn2ccnc2)nc(C2CC2)n1. The molecule has 0 bridgehead atoms. The first-order chi connectivity index (χ1) is 10.2. The van der Waals surface area contributed by atoms with E-state index in [1.54, 1.807) is 6.20 Å². The fourth-order valence-electron chi connectivity index (χ4n) is 2.34. The molecule has 1 aliphatic carbocycles. The fraction of sp³-hybridized carbons (Fsp3) is 0.533. The van der Waals surface area contributed by atoms with Gasteiger partial charge in [-0.15, -0.1) is 0 Å². The van der Waals surface area contributed by atoms with Gasteiger partial charge in [0.2, 0.25) is 0 Å². The van der Waals surface area contributed by atoms with Crippen molar-refractivity contribution in [1.82, 2.24) is 19.5 Å². The van der Waals surface area contributed by atoms with Crippen molar-refractivity contribution in [1.29, 1.82) is 0 Å². The van der Waals surface area contributed by atoms with Gasteiger partial charge in [-0.2, -0.15) is 0 Å². The molecule has 1 saturated carbocycles. The molecule has 0 amide bonds. The number of nitrogens with zero attached hydrogens (tertiary/aromatic N) is 4. The highest BCUT2D eigenvalue weighted by atomic mass is 15.1. The zero-order chi connectivity index (χ0) is 14.7. The Morgan fingerprint density at radius 3 is 2.81 bits per heavy atom. The quantitative estimate of drug-likeness (QED) is 0.818. The van der Waals surface area contributed by atoms with Crippen LogP contribution in [0.25, 0.3) is 0 Å². The van der Waals surface area contributed by atoms with Crippen LogP contribution in [0.1, 0.15) is 38.4 Å². The molecule has 6 heteroatoms. The molecule has 3 rings (SSSR count). The van der Waals surface area contributed by atoms with E-state index in [2.05, 4.69) is 44.0 Å². The van der Waals surface area contributed by atoms with Crippen molar-refractivity contribution < 1.29 is 0 Å². The molecule has 2 aromatic heterocycles. The lowest BCUT2D eigenvalue weighted by molar-refractivity contribution is 0.616.